The number of hydrogen-bond donors (Lipinski definition) is 1. The van der Waals surface area contributed by atoms with Gasteiger partial charge >= 0.3 is 0 Å². The molecule has 0 aliphatic heterocycles. The van der Waals surface area contributed by atoms with Crippen LogP contribution in [-0.2, 0) is 16.3 Å². The quantitative estimate of drug-likeness (QED) is 0.834. The Morgan fingerprint density at radius 3 is 2.43 bits per heavy atom. The van der Waals surface area contributed by atoms with Gasteiger partial charge in [0, 0.05) is 11.8 Å². The number of aromatic nitrogens is 1. The van der Waals surface area contributed by atoms with Crippen molar-refractivity contribution in [3.63, 3.8) is 0 Å². The molecule has 21 heavy (non-hydrogen) atoms. The molecule has 4 nitrogen and oxygen atoms in total. The molecule has 0 bridgehead atoms. The van der Waals surface area contributed by atoms with Crippen LogP contribution in [0, 0.1) is 0 Å². The van der Waals surface area contributed by atoms with E-state index in [2.05, 4.69) is 11.9 Å². The number of benzene rings is 1. The highest BCUT2D eigenvalue weighted by atomic mass is 32.2. The molecular weight excluding hydrogens is 286 g/mol. The maximum absolute atomic E-state index is 12.5. The average Bonchev–Trinajstić information content (AvgIpc) is 2.89. The number of carbonyl (C=O) groups is 1. The van der Waals surface area contributed by atoms with Crippen molar-refractivity contribution in [1.29, 1.82) is 0 Å². The van der Waals surface area contributed by atoms with E-state index < -0.39 is 9.84 Å². The van der Waals surface area contributed by atoms with Gasteiger partial charge in [0.1, 0.15) is 5.03 Å². The SMILES string of the molecule is CCCCc1cc(S(C)(=O)=O)[nH]c1C(=O)c1ccccc1. The molecule has 2 aromatic rings. The highest BCUT2D eigenvalue weighted by molar-refractivity contribution is 7.90. The fourth-order valence-electron chi connectivity index (χ4n) is 2.17. The van der Waals surface area contributed by atoms with Gasteiger partial charge in [-0.05, 0) is 24.5 Å². The molecule has 1 N–H and O–H groups in total. The van der Waals surface area contributed by atoms with Crippen molar-refractivity contribution in [2.75, 3.05) is 6.26 Å². The highest BCUT2D eigenvalue weighted by Gasteiger charge is 2.20. The van der Waals surface area contributed by atoms with Crippen LogP contribution < -0.4 is 0 Å². The van der Waals surface area contributed by atoms with Gasteiger partial charge in [-0.2, -0.15) is 0 Å². The molecule has 0 unspecified atom stereocenters. The Morgan fingerprint density at radius 2 is 1.86 bits per heavy atom. The summed E-state index contributed by atoms with van der Waals surface area (Å²) in [6.45, 7) is 2.06. The van der Waals surface area contributed by atoms with E-state index in [0.29, 0.717) is 17.7 Å². The van der Waals surface area contributed by atoms with Crippen molar-refractivity contribution < 1.29 is 13.2 Å². The number of rotatable bonds is 6. The van der Waals surface area contributed by atoms with Crippen LogP contribution in [0.15, 0.2) is 41.4 Å². The Balaban J connectivity index is 2.46. The Bertz CT molecular complexity index is 730. The van der Waals surface area contributed by atoms with E-state index in [4.69, 9.17) is 0 Å². The molecule has 1 aromatic carbocycles. The molecule has 5 heteroatoms. The molecule has 0 saturated carbocycles. The third-order valence-corrected chi connectivity index (χ3v) is 4.36. The lowest BCUT2D eigenvalue weighted by atomic mass is 10.0. The van der Waals surface area contributed by atoms with Crippen LogP contribution in [0.25, 0.3) is 0 Å². The van der Waals surface area contributed by atoms with E-state index >= 15 is 0 Å². The van der Waals surface area contributed by atoms with Crippen LogP contribution in [0.5, 0.6) is 0 Å². The molecule has 0 amide bonds. The summed E-state index contributed by atoms with van der Waals surface area (Å²) < 4.78 is 23.4. The molecule has 0 spiro atoms. The first-order chi connectivity index (χ1) is 9.93. The molecule has 1 heterocycles. The number of hydrogen-bond acceptors (Lipinski definition) is 3. The van der Waals surface area contributed by atoms with Crippen LogP contribution in [0.4, 0.5) is 0 Å². The maximum Gasteiger partial charge on any atom is 0.209 e. The highest BCUT2D eigenvalue weighted by Crippen LogP contribution is 2.20. The second-order valence-corrected chi connectivity index (χ2v) is 7.09. The van der Waals surface area contributed by atoms with Gasteiger partial charge in [-0.3, -0.25) is 4.79 Å². The van der Waals surface area contributed by atoms with Crippen LogP contribution >= 0.6 is 0 Å². The standard InChI is InChI=1S/C16H19NO3S/c1-3-4-8-13-11-14(21(2,19)20)17-15(13)16(18)12-9-6-5-7-10-12/h5-7,9-11,17H,3-4,8H2,1-2H3. The van der Waals surface area contributed by atoms with Crippen LogP contribution in [0.1, 0.15) is 41.4 Å². The maximum atomic E-state index is 12.5. The molecule has 112 valence electrons. The van der Waals surface area contributed by atoms with Gasteiger partial charge in [0.15, 0.2) is 9.84 Å². The van der Waals surface area contributed by atoms with Gasteiger partial charge in [-0.25, -0.2) is 8.42 Å². The van der Waals surface area contributed by atoms with Crippen molar-refractivity contribution in [1.82, 2.24) is 4.98 Å². The number of aromatic amines is 1. The molecule has 0 atom stereocenters. The molecule has 0 aliphatic rings. The number of unbranched alkanes of at least 4 members (excludes halogenated alkanes) is 1. The fraction of sp³-hybridized carbons (Fsp3) is 0.312. The zero-order valence-corrected chi connectivity index (χ0v) is 13.0. The molecule has 0 saturated heterocycles. The third-order valence-electron chi connectivity index (χ3n) is 3.34. The second kappa shape index (κ2) is 6.26. The number of aryl methyl sites for hydroxylation is 1. The summed E-state index contributed by atoms with van der Waals surface area (Å²) in [6, 6.07) is 10.5. The Hall–Kier alpha value is -1.88. The Morgan fingerprint density at radius 1 is 1.19 bits per heavy atom. The summed E-state index contributed by atoms with van der Waals surface area (Å²) in [5, 5.41) is 0.105. The molecule has 2 rings (SSSR count). The van der Waals surface area contributed by atoms with Gasteiger partial charge in [-0.15, -0.1) is 0 Å². The minimum Gasteiger partial charge on any atom is -0.343 e. The van der Waals surface area contributed by atoms with E-state index in [1.54, 1.807) is 30.3 Å². The molecule has 0 fully saturated rings. The van der Waals surface area contributed by atoms with Crippen molar-refractivity contribution >= 4 is 15.6 Å². The number of carbonyl (C=O) groups excluding carboxylic acids is 1. The van der Waals surface area contributed by atoms with E-state index in [1.165, 1.54) is 0 Å². The van der Waals surface area contributed by atoms with Crippen molar-refractivity contribution in [3.05, 3.63) is 53.2 Å². The molecule has 0 aliphatic carbocycles. The van der Waals surface area contributed by atoms with E-state index in [9.17, 15) is 13.2 Å². The molecular formula is C16H19NO3S. The Labute approximate surface area is 125 Å². The third kappa shape index (κ3) is 3.61. The summed E-state index contributed by atoms with van der Waals surface area (Å²) >= 11 is 0. The predicted octanol–water partition coefficient (Wildman–Crippen LogP) is 2.99. The topological polar surface area (TPSA) is 67.0 Å². The van der Waals surface area contributed by atoms with Crippen molar-refractivity contribution in [3.8, 4) is 0 Å². The first kappa shape index (κ1) is 15.5. The van der Waals surface area contributed by atoms with Gasteiger partial charge in [0.25, 0.3) is 0 Å². The zero-order valence-electron chi connectivity index (χ0n) is 12.2. The number of nitrogens with one attached hydrogen (secondary N) is 1. The van der Waals surface area contributed by atoms with Crippen LogP contribution in [0.2, 0.25) is 0 Å². The lowest BCUT2D eigenvalue weighted by Gasteiger charge is -2.03. The van der Waals surface area contributed by atoms with Crippen molar-refractivity contribution in [2.45, 2.75) is 31.2 Å². The first-order valence-electron chi connectivity index (χ1n) is 6.95. The van der Waals surface area contributed by atoms with Crippen molar-refractivity contribution in [2.24, 2.45) is 0 Å². The summed E-state index contributed by atoms with van der Waals surface area (Å²) in [6.07, 6.45) is 3.73. The van der Waals surface area contributed by atoms with Gasteiger partial charge in [-0.1, -0.05) is 43.7 Å². The number of H-pyrrole nitrogens is 1. The summed E-state index contributed by atoms with van der Waals surface area (Å²) in [5.41, 5.74) is 1.71. The lowest BCUT2D eigenvalue weighted by molar-refractivity contribution is 0.103. The lowest BCUT2D eigenvalue weighted by Crippen LogP contribution is -2.06. The predicted molar refractivity (Wildman–Crippen MR) is 82.4 cm³/mol. The molecule has 0 radical (unpaired) electrons. The fourth-order valence-corrected chi connectivity index (χ4v) is 2.81. The minimum absolute atomic E-state index is 0.105. The van der Waals surface area contributed by atoms with E-state index in [-0.39, 0.29) is 10.8 Å². The van der Waals surface area contributed by atoms with Gasteiger partial charge in [0.05, 0.1) is 5.69 Å². The van der Waals surface area contributed by atoms with Crippen LogP contribution in [-0.4, -0.2) is 25.4 Å². The molecule has 1 aromatic heterocycles. The minimum atomic E-state index is -3.35. The number of ketones is 1. The number of sulfone groups is 1. The monoisotopic (exact) mass is 305 g/mol. The summed E-state index contributed by atoms with van der Waals surface area (Å²) in [5.74, 6) is -0.170. The average molecular weight is 305 g/mol. The smallest absolute Gasteiger partial charge is 0.209 e. The second-order valence-electron chi connectivity index (χ2n) is 5.10. The normalized spacial score (nSPS) is 11.5. The van der Waals surface area contributed by atoms with E-state index in [1.807, 2.05) is 6.07 Å². The first-order valence-corrected chi connectivity index (χ1v) is 8.84. The summed E-state index contributed by atoms with van der Waals surface area (Å²) in [7, 11) is -3.35. The van der Waals surface area contributed by atoms with Gasteiger partial charge in [0.2, 0.25) is 5.78 Å². The largest absolute Gasteiger partial charge is 0.343 e. The zero-order chi connectivity index (χ0) is 15.5. The summed E-state index contributed by atoms with van der Waals surface area (Å²) in [4.78, 5) is 15.3. The van der Waals surface area contributed by atoms with E-state index in [0.717, 1.165) is 24.7 Å². The van der Waals surface area contributed by atoms with Gasteiger partial charge < -0.3 is 4.98 Å². The Kier molecular flexibility index (Phi) is 4.63. The van der Waals surface area contributed by atoms with Crippen LogP contribution in [0.3, 0.4) is 0 Å².